The first-order valence-electron chi connectivity index (χ1n) is 13.5. The summed E-state index contributed by atoms with van der Waals surface area (Å²) in [6.45, 7) is 5.92. The fraction of sp³-hybridized carbons (Fsp3) is 0.114. The summed E-state index contributed by atoms with van der Waals surface area (Å²) in [7, 11) is 0. The average Bonchev–Trinajstić information content (AvgIpc) is 3.53. The van der Waals surface area contributed by atoms with Gasteiger partial charge in [0.05, 0.1) is 11.8 Å². The molecule has 0 aliphatic carbocycles. The second-order valence-electron chi connectivity index (χ2n) is 9.38. The summed E-state index contributed by atoms with van der Waals surface area (Å²) >= 11 is 0. The summed E-state index contributed by atoms with van der Waals surface area (Å²) in [4.78, 5) is 2.20. The van der Waals surface area contributed by atoms with Crippen molar-refractivity contribution in [3.05, 3.63) is 133 Å². The molecule has 39 heavy (non-hydrogen) atoms. The second-order valence-corrected chi connectivity index (χ2v) is 9.38. The molecule has 4 heteroatoms. The molecule has 1 aromatic heterocycles. The number of fused-ring (bicyclic) bond motifs is 2. The first kappa shape index (κ1) is 24.5. The number of aryl methyl sites for hydroxylation is 1. The zero-order chi connectivity index (χ0) is 26.6. The van der Waals surface area contributed by atoms with E-state index < -0.39 is 0 Å². The maximum atomic E-state index is 6.18. The number of aromatic nitrogens is 1. The quantitative estimate of drug-likeness (QED) is 0.162. The number of hydrogen-bond acceptors (Lipinski definition) is 3. The monoisotopic (exact) mass is 511 g/mol. The van der Waals surface area contributed by atoms with Crippen molar-refractivity contribution in [2.24, 2.45) is 0 Å². The standard InChI is InChI=1S/C35H31N2O2/c1-3-36-30-24-28(26-14-8-5-9-15-26)20-22-32(30)38-34(36)18-12-7-13-19-35-37(4-2)31-25-29(21-23-33(31)39-35)27-16-10-6-11-17-27/h5-25H,3-4H2,1-2H3/q+1. The minimum Gasteiger partial charge on any atom is -0.439 e. The van der Waals surface area contributed by atoms with E-state index in [4.69, 9.17) is 9.15 Å². The summed E-state index contributed by atoms with van der Waals surface area (Å²) in [6.07, 6.45) is 10.0. The molecule has 0 atom stereocenters. The van der Waals surface area contributed by atoms with Gasteiger partial charge in [-0.15, -0.1) is 0 Å². The van der Waals surface area contributed by atoms with Crippen LogP contribution in [-0.2, 0) is 6.54 Å². The zero-order valence-corrected chi connectivity index (χ0v) is 22.2. The van der Waals surface area contributed by atoms with Gasteiger partial charge in [0.25, 0.3) is 5.52 Å². The van der Waals surface area contributed by atoms with E-state index in [1.54, 1.807) is 0 Å². The molecule has 0 saturated carbocycles. The molecule has 0 fully saturated rings. The molecule has 1 aliphatic heterocycles. The molecule has 5 aromatic rings. The van der Waals surface area contributed by atoms with Crippen LogP contribution in [0.4, 0.5) is 5.69 Å². The van der Waals surface area contributed by atoms with Crippen LogP contribution in [0, 0.1) is 0 Å². The Bertz CT molecular complexity index is 1700. The van der Waals surface area contributed by atoms with Crippen molar-refractivity contribution in [1.29, 1.82) is 0 Å². The molecular weight excluding hydrogens is 480 g/mol. The predicted octanol–water partition coefficient (Wildman–Crippen LogP) is 8.40. The van der Waals surface area contributed by atoms with E-state index in [-0.39, 0.29) is 0 Å². The van der Waals surface area contributed by atoms with E-state index in [1.165, 1.54) is 22.3 Å². The Morgan fingerprint density at radius 1 is 0.718 bits per heavy atom. The normalized spacial score (nSPS) is 14.1. The van der Waals surface area contributed by atoms with Crippen LogP contribution >= 0.6 is 0 Å². The zero-order valence-electron chi connectivity index (χ0n) is 22.2. The van der Waals surface area contributed by atoms with Crippen molar-refractivity contribution in [2.75, 3.05) is 11.4 Å². The van der Waals surface area contributed by atoms with Crippen molar-refractivity contribution < 1.29 is 13.7 Å². The topological polar surface area (TPSA) is 29.5 Å². The molecule has 0 spiro atoms. The van der Waals surface area contributed by atoms with Gasteiger partial charge in [-0.3, -0.25) is 0 Å². The number of allylic oxidation sites excluding steroid dienone is 4. The Hall–Kier alpha value is -4.83. The Morgan fingerprint density at radius 3 is 2.10 bits per heavy atom. The molecule has 0 N–H and O–H groups in total. The van der Waals surface area contributed by atoms with Crippen LogP contribution in [0.3, 0.4) is 0 Å². The highest BCUT2D eigenvalue weighted by atomic mass is 16.5. The first-order chi connectivity index (χ1) is 19.2. The van der Waals surface area contributed by atoms with Crippen LogP contribution in [0.15, 0.2) is 132 Å². The number of anilines is 1. The number of ether oxygens (including phenoxy) is 1. The summed E-state index contributed by atoms with van der Waals surface area (Å²) < 4.78 is 14.6. The van der Waals surface area contributed by atoms with Crippen LogP contribution in [-0.4, -0.2) is 6.54 Å². The molecule has 2 heterocycles. The molecule has 6 rings (SSSR count). The Balaban J connectivity index is 1.20. The molecule has 0 bridgehead atoms. The average molecular weight is 512 g/mol. The van der Waals surface area contributed by atoms with Gasteiger partial charge in [-0.05, 0) is 60.4 Å². The molecule has 0 unspecified atom stereocenters. The smallest absolute Gasteiger partial charge is 0.374 e. The fourth-order valence-electron chi connectivity index (χ4n) is 5.06. The van der Waals surface area contributed by atoms with Crippen LogP contribution in [0.25, 0.3) is 39.4 Å². The molecule has 4 aromatic carbocycles. The van der Waals surface area contributed by atoms with Gasteiger partial charge in [0.2, 0.25) is 11.5 Å². The molecule has 0 saturated heterocycles. The van der Waals surface area contributed by atoms with E-state index in [9.17, 15) is 0 Å². The van der Waals surface area contributed by atoms with Crippen molar-refractivity contribution >= 4 is 22.9 Å². The van der Waals surface area contributed by atoms with Crippen molar-refractivity contribution in [1.82, 2.24) is 0 Å². The molecule has 4 nitrogen and oxygen atoms in total. The lowest BCUT2D eigenvalue weighted by molar-refractivity contribution is -0.674. The number of nitrogens with zero attached hydrogens (tertiary/aromatic N) is 2. The molecule has 0 radical (unpaired) electrons. The van der Waals surface area contributed by atoms with Gasteiger partial charge in [0.1, 0.15) is 6.54 Å². The third-order valence-electron chi connectivity index (χ3n) is 7.01. The summed E-state index contributed by atoms with van der Waals surface area (Å²) in [6, 6.07) is 33.6. The number of oxazole rings is 1. The lowest BCUT2D eigenvalue weighted by Crippen LogP contribution is -2.33. The van der Waals surface area contributed by atoms with Gasteiger partial charge in [-0.2, -0.15) is 4.57 Å². The summed E-state index contributed by atoms with van der Waals surface area (Å²) in [5.41, 5.74) is 7.83. The van der Waals surface area contributed by atoms with Gasteiger partial charge >= 0.3 is 5.89 Å². The Labute approximate surface area is 229 Å². The number of rotatable bonds is 7. The second kappa shape index (κ2) is 10.9. The highest BCUT2D eigenvalue weighted by Crippen LogP contribution is 2.41. The van der Waals surface area contributed by atoms with Gasteiger partial charge < -0.3 is 14.1 Å². The molecule has 1 aliphatic rings. The van der Waals surface area contributed by atoms with Crippen LogP contribution < -0.4 is 14.2 Å². The maximum absolute atomic E-state index is 6.18. The largest absolute Gasteiger partial charge is 0.439 e. The maximum Gasteiger partial charge on any atom is 0.374 e. The first-order valence-corrected chi connectivity index (χ1v) is 13.5. The van der Waals surface area contributed by atoms with Crippen LogP contribution in [0.5, 0.6) is 5.75 Å². The van der Waals surface area contributed by atoms with Gasteiger partial charge in [0, 0.05) is 12.6 Å². The van der Waals surface area contributed by atoms with Crippen LogP contribution in [0.1, 0.15) is 19.7 Å². The van der Waals surface area contributed by atoms with Crippen molar-refractivity contribution in [3.63, 3.8) is 0 Å². The Morgan fingerprint density at radius 2 is 1.41 bits per heavy atom. The van der Waals surface area contributed by atoms with E-state index in [0.717, 1.165) is 47.4 Å². The minimum absolute atomic E-state index is 0.821. The van der Waals surface area contributed by atoms with Gasteiger partial charge in [0.15, 0.2) is 5.75 Å². The number of benzene rings is 4. The highest BCUT2D eigenvalue weighted by Gasteiger charge is 2.25. The summed E-state index contributed by atoms with van der Waals surface area (Å²) in [5.74, 6) is 2.53. The SMILES string of the molecule is CCN1C(=CC=CC=Cc2oc3ccc(-c4ccccc4)cc3[n+]2CC)Oc2ccc(-c3ccccc3)cc21. The lowest BCUT2D eigenvalue weighted by atomic mass is 10.0. The number of hydrogen-bond donors (Lipinski definition) is 0. The third kappa shape index (κ3) is 4.89. The predicted molar refractivity (Wildman–Crippen MR) is 159 cm³/mol. The van der Waals surface area contributed by atoms with Crippen molar-refractivity contribution in [3.8, 4) is 28.0 Å². The van der Waals surface area contributed by atoms with Crippen molar-refractivity contribution in [2.45, 2.75) is 20.4 Å². The van der Waals surface area contributed by atoms with Gasteiger partial charge in [-0.25, -0.2) is 0 Å². The lowest BCUT2D eigenvalue weighted by Gasteiger charge is -2.15. The van der Waals surface area contributed by atoms with E-state index in [0.29, 0.717) is 0 Å². The van der Waals surface area contributed by atoms with E-state index in [1.807, 2.05) is 42.5 Å². The summed E-state index contributed by atoms with van der Waals surface area (Å²) in [5, 5.41) is 0. The van der Waals surface area contributed by atoms with Gasteiger partial charge in [-0.1, -0.05) is 91.0 Å². The Kier molecular flexibility index (Phi) is 6.84. The molecular formula is C35H31N2O2+. The van der Waals surface area contributed by atoms with Crippen LogP contribution in [0.2, 0.25) is 0 Å². The third-order valence-corrected chi connectivity index (χ3v) is 7.01. The fourth-order valence-corrected chi connectivity index (χ4v) is 5.06. The van der Waals surface area contributed by atoms with E-state index in [2.05, 4.69) is 108 Å². The highest BCUT2D eigenvalue weighted by molar-refractivity contribution is 5.79. The minimum atomic E-state index is 0.821. The van der Waals surface area contributed by atoms with E-state index >= 15 is 0 Å². The molecule has 0 amide bonds. The molecule has 192 valence electrons.